The maximum absolute atomic E-state index is 11.4. The Morgan fingerprint density at radius 1 is 1.29 bits per heavy atom. The second-order valence-corrected chi connectivity index (χ2v) is 3.72. The van der Waals surface area contributed by atoms with Gasteiger partial charge in [-0.25, -0.2) is 0 Å². The summed E-state index contributed by atoms with van der Waals surface area (Å²) in [4.78, 5) is 15.7. The van der Waals surface area contributed by atoms with Crippen molar-refractivity contribution in [2.45, 2.75) is 19.8 Å². The molecule has 0 radical (unpaired) electrons. The first kappa shape index (κ1) is 11.5. The van der Waals surface area contributed by atoms with E-state index >= 15 is 0 Å². The summed E-state index contributed by atoms with van der Waals surface area (Å²) in [5.41, 5.74) is 5.45. The van der Waals surface area contributed by atoms with Crippen LogP contribution in [0.1, 0.15) is 19.8 Å². The smallest absolute Gasteiger partial charge is 0.222 e. The number of nitrogens with zero attached hydrogens (tertiary/aromatic N) is 2. The van der Waals surface area contributed by atoms with E-state index in [2.05, 4.69) is 4.90 Å². The molecule has 0 bridgehead atoms. The molecule has 1 fully saturated rings. The van der Waals surface area contributed by atoms with E-state index in [0.717, 1.165) is 45.7 Å². The summed E-state index contributed by atoms with van der Waals surface area (Å²) in [5, 5.41) is 0. The molecule has 0 aliphatic carbocycles. The SMILES string of the molecule is CCC(=O)N1CCN(CCCN)CC1. The van der Waals surface area contributed by atoms with Gasteiger partial charge in [-0.15, -0.1) is 0 Å². The number of hydrogen-bond acceptors (Lipinski definition) is 3. The van der Waals surface area contributed by atoms with Crippen LogP contribution in [0.25, 0.3) is 0 Å². The van der Waals surface area contributed by atoms with E-state index in [0.29, 0.717) is 6.42 Å². The third kappa shape index (κ3) is 3.27. The summed E-state index contributed by atoms with van der Waals surface area (Å²) in [5.74, 6) is 0.281. The largest absolute Gasteiger partial charge is 0.340 e. The molecule has 1 amide bonds. The molecular weight excluding hydrogens is 178 g/mol. The first-order valence-corrected chi connectivity index (χ1v) is 5.48. The molecule has 0 saturated carbocycles. The number of hydrogen-bond donors (Lipinski definition) is 1. The van der Waals surface area contributed by atoms with Crippen molar-refractivity contribution in [2.75, 3.05) is 39.3 Å². The second-order valence-electron chi connectivity index (χ2n) is 3.72. The van der Waals surface area contributed by atoms with Crippen LogP contribution in [0.4, 0.5) is 0 Å². The van der Waals surface area contributed by atoms with Gasteiger partial charge in [-0.05, 0) is 19.5 Å². The summed E-state index contributed by atoms with van der Waals surface area (Å²) in [7, 11) is 0. The lowest BCUT2D eigenvalue weighted by Gasteiger charge is -2.34. The van der Waals surface area contributed by atoms with Crippen LogP contribution in [0.3, 0.4) is 0 Å². The molecule has 4 nitrogen and oxygen atoms in total. The Hall–Kier alpha value is -0.610. The van der Waals surface area contributed by atoms with Gasteiger partial charge in [0.05, 0.1) is 0 Å². The predicted molar refractivity (Wildman–Crippen MR) is 57.0 cm³/mol. The van der Waals surface area contributed by atoms with Gasteiger partial charge in [0.1, 0.15) is 0 Å². The molecule has 0 aromatic carbocycles. The summed E-state index contributed by atoms with van der Waals surface area (Å²) in [6.07, 6.45) is 1.69. The van der Waals surface area contributed by atoms with Crippen LogP contribution >= 0.6 is 0 Å². The molecule has 1 saturated heterocycles. The van der Waals surface area contributed by atoms with Gasteiger partial charge < -0.3 is 10.6 Å². The van der Waals surface area contributed by atoms with Crippen molar-refractivity contribution in [3.05, 3.63) is 0 Å². The fourth-order valence-electron chi connectivity index (χ4n) is 1.76. The molecule has 1 aliphatic rings. The van der Waals surface area contributed by atoms with Crippen molar-refractivity contribution in [3.8, 4) is 0 Å². The zero-order valence-electron chi connectivity index (χ0n) is 9.04. The molecule has 14 heavy (non-hydrogen) atoms. The van der Waals surface area contributed by atoms with Gasteiger partial charge in [0.15, 0.2) is 0 Å². The Balaban J connectivity index is 2.20. The quantitative estimate of drug-likeness (QED) is 0.687. The highest BCUT2D eigenvalue weighted by atomic mass is 16.2. The van der Waals surface area contributed by atoms with Gasteiger partial charge in [0, 0.05) is 32.6 Å². The van der Waals surface area contributed by atoms with Gasteiger partial charge in [-0.1, -0.05) is 6.92 Å². The summed E-state index contributed by atoms with van der Waals surface area (Å²) in [6.45, 7) is 7.54. The molecule has 0 spiro atoms. The van der Waals surface area contributed by atoms with Crippen molar-refractivity contribution in [2.24, 2.45) is 5.73 Å². The van der Waals surface area contributed by atoms with Crippen molar-refractivity contribution in [1.29, 1.82) is 0 Å². The molecule has 0 atom stereocenters. The second kappa shape index (κ2) is 5.98. The first-order valence-electron chi connectivity index (χ1n) is 5.48. The van der Waals surface area contributed by atoms with Crippen LogP contribution < -0.4 is 5.73 Å². The summed E-state index contributed by atoms with van der Waals surface area (Å²) >= 11 is 0. The standard InChI is InChI=1S/C10H21N3O/c1-2-10(14)13-8-6-12(7-9-13)5-3-4-11/h2-9,11H2,1H3. The van der Waals surface area contributed by atoms with E-state index in [1.807, 2.05) is 11.8 Å². The van der Waals surface area contributed by atoms with Crippen molar-refractivity contribution < 1.29 is 4.79 Å². The van der Waals surface area contributed by atoms with Gasteiger partial charge >= 0.3 is 0 Å². The number of piperazine rings is 1. The Bertz CT molecular complexity index is 176. The number of carbonyl (C=O) groups excluding carboxylic acids is 1. The third-order valence-electron chi connectivity index (χ3n) is 2.71. The predicted octanol–water partition coefficient (Wildman–Crippen LogP) is -0.111. The van der Waals surface area contributed by atoms with E-state index in [-0.39, 0.29) is 5.91 Å². The fourth-order valence-corrected chi connectivity index (χ4v) is 1.76. The highest BCUT2D eigenvalue weighted by Gasteiger charge is 2.18. The number of rotatable bonds is 4. The molecule has 1 aliphatic heterocycles. The molecule has 0 aromatic heterocycles. The zero-order chi connectivity index (χ0) is 10.4. The summed E-state index contributed by atoms with van der Waals surface area (Å²) < 4.78 is 0. The number of nitrogens with two attached hydrogens (primary N) is 1. The third-order valence-corrected chi connectivity index (χ3v) is 2.71. The minimum absolute atomic E-state index is 0.281. The average molecular weight is 199 g/mol. The molecule has 1 heterocycles. The molecule has 0 unspecified atom stereocenters. The maximum atomic E-state index is 11.4. The highest BCUT2D eigenvalue weighted by molar-refractivity contribution is 5.75. The van der Waals surface area contributed by atoms with Crippen LogP contribution in [0, 0.1) is 0 Å². The van der Waals surface area contributed by atoms with Gasteiger partial charge in [-0.2, -0.15) is 0 Å². The molecule has 0 aromatic rings. The Labute approximate surface area is 86.0 Å². The van der Waals surface area contributed by atoms with Crippen molar-refractivity contribution >= 4 is 5.91 Å². The van der Waals surface area contributed by atoms with Crippen LogP contribution in [0.2, 0.25) is 0 Å². The Kier molecular flexibility index (Phi) is 4.90. The highest BCUT2D eigenvalue weighted by Crippen LogP contribution is 2.03. The lowest BCUT2D eigenvalue weighted by atomic mass is 10.2. The van der Waals surface area contributed by atoms with Crippen molar-refractivity contribution in [1.82, 2.24) is 9.80 Å². The minimum atomic E-state index is 0.281. The maximum Gasteiger partial charge on any atom is 0.222 e. The van der Waals surface area contributed by atoms with Gasteiger partial charge in [-0.3, -0.25) is 9.69 Å². The lowest BCUT2D eigenvalue weighted by molar-refractivity contribution is -0.132. The molecular formula is C10H21N3O. The summed E-state index contributed by atoms with van der Waals surface area (Å²) in [6, 6.07) is 0. The van der Waals surface area contributed by atoms with Crippen LogP contribution in [-0.4, -0.2) is 55.0 Å². The number of carbonyl (C=O) groups is 1. The van der Waals surface area contributed by atoms with E-state index in [4.69, 9.17) is 5.73 Å². The van der Waals surface area contributed by atoms with Gasteiger partial charge in [0.2, 0.25) is 5.91 Å². The minimum Gasteiger partial charge on any atom is -0.340 e. The normalized spacial score (nSPS) is 18.6. The topological polar surface area (TPSA) is 49.6 Å². The Morgan fingerprint density at radius 3 is 2.43 bits per heavy atom. The molecule has 2 N–H and O–H groups in total. The van der Waals surface area contributed by atoms with Crippen molar-refractivity contribution in [3.63, 3.8) is 0 Å². The zero-order valence-corrected chi connectivity index (χ0v) is 9.04. The van der Waals surface area contributed by atoms with E-state index < -0.39 is 0 Å². The number of amides is 1. The Morgan fingerprint density at radius 2 is 1.93 bits per heavy atom. The molecule has 1 rings (SSSR count). The first-order chi connectivity index (χ1) is 6.77. The average Bonchev–Trinajstić information content (AvgIpc) is 2.26. The molecule has 82 valence electrons. The van der Waals surface area contributed by atoms with Gasteiger partial charge in [0.25, 0.3) is 0 Å². The monoisotopic (exact) mass is 199 g/mol. The van der Waals surface area contributed by atoms with E-state index in [9.17, 15) is 4.79 Å². The van der Waals surface area contributed by atoms with Crippen LogP contribution in [0.15, 0.2) is 0 Å². The molecule has 4 heteroatoms. The van der Waals surface area contributed by atoms with E-state index in [1.165, 1.54) is 0 Å². The fraction of sp³-hybridized carbons (Fsp3) is 0.900. The van der Waals surface area contributed by atoms with Crippen LogP contribution in [-0.2, 0) is 4.79 Å². The van der Waals surface area contributed by atoms with Crippen LogP contribution in [0.5, 0.6) is 0 Å². The lowest BCUT2D eigenvalue weighted by Crippen LogP contribution is -2.48. The van der Waals surface area contributed by atoms with E-state index in [1.54, 1.807) is 0 Å².